The molecule has 0 unspecified atom stereocenters. The second-order valence-electron chi connectivity index (χ2n) is 6.44. The van der Waals surface area contributed by atoms with E-state index < -0.39 is 48.5 Å². The molecule has 0 aliphatic carbocycles. The Balaban J connectivity index is 1.59. The molecule has 2 N–H and O–H groups in total. The van der Waals surface area contributed by atoms with Crippen molar-refractivity contribution in [2.75, 3.05) is 18.5 Å². The number of nitrogens with one attached hydrogen (secondary N) is 2. The maximum Gasteiger partial charge on any atom is 0.416 e. The van der Waals surface area contributed by atoms with Crippen LogP contribution in [0.25, 0.3) is 5.69 Å². The van der Waals surface area contributed by atoms with Crippen LogP contribution in [0.1, 0.15) is 15.9 Å². The fraction of sp³-hybridized carbons (Fsp3) is 0.150. The van der Waals surface area contributed by atoms with Gasteiger partial charge in [-0.05, 0) is 30.3 Å². The minimum Gasteiger partial charge on any atom is -0.454 e. The largest absolute Gasteiger partial charge is 0.454 e. The van der Waals surface area contributed by atoms with E-state index in [1.165, 1.54) is 24.5 Å². The summed E-state index contributed by atoms with van der Waals surface area (Å²) in [6.07, 6.45) is -2.29. The van der Waals surface area contributed by atoms with Gasteiger partial charge in [-0.1, -0.05) is 12.1 Å². The first kappa shape index (κ1) is 23.4. The number of anilines is 1. The van der Waals surface area contributed by atoms with E-state index in [2.05, 4.69) is 20.7 Å². The van der Waals surface area contributed by atoms with Gasteiger partial charge in [0, 0.05) is 0 Å². The predicted octanol–water partition coefficient (Wildman–Crippen LogP) is 2.34. The second-order valence-corrected chi connectivity index (χ2v) is 6.44. The number of esters is 1. The number of ether oxygens (including phenoxy) is 1. The van der Waals surface area contributed by atoms with Gasteiger partial charge in [-0.15, -0.1) is 0 Å². The van der Waals surface area contributed by atoms with Crippen LogP contribution in [0.5, 0.6) is 0 Å². The Labute approximate surface area is 183 Å². The van der Waals surface area contributed by atoms with E-state index in [9.17, 15) is 31.9 Å². The van der Waals surface area contributed by atoms with Gasteiger partial charge >= 0.3 is 12.1 Å². The number of carbonyl (C=O) groups excluding carboxylic acids is 3. The van der Waals surface area contributed by atoms with E-state index in [0.717, 1.165) is 29.2 Å². The van der Waals surface area contributed by atoms with Crippen LogP contribution in [0.4, 0.5) is 23.2 Å². The van der Waals surface area contributed by atoms with Crippen LogP contribution in [0.15, 0.2) is 55.1 Å². The Morgan fingerprint density at radius 2 is 1.85 bits per heavy atom. The molecule has 0 fully saturated rings. The summed E-state index contributed by atoms with van der Waals surface area (Å²) in [6, 6.07) is 7.71. The molecule has 13 heteroatoms. The third-order valence-electron chi connectivity index (χ3n) is 4.14. The molecular formula is C20H15F4N5O4. The van der Waals surface area contributed by atoms with Crippen molar-refractivity contribution in [2.24, 2.45) is 0 Å². The van der Waals surface area contributed by atoms with Crippen LogP contribution in [0.2, 0.25) is 0 Å². The molecule has 33 heavy (non-hydrogen) atoms. The summed E-state index contributed by atoms with van der Waals surface area (Å²) in [4.78, 5) is 39.5. The van der Waals surface area contributed by atoms with Crippen molar-refractivity contribution >= 4 is 23.5 Å². The molecule has 0 spiro atoms. The SMILES string of the molecule is O=C(COC(=O)CNC(=O)c1ccccc1F)Nc1cc(C(F)(F)F)ccc1-n1cncn1. The number of alkyl halides is 3. The monoisotopic (exact) mass is 465 g/mol. The number of amides is 2. The van der Waals surface area contributed by atoms with Crippen LogP contribution in [-0.2, 0) is 20.5 Å². The number of halogens is 4. The van der Waals surface area contributed by atoms with Crippen molar-refractivity contribution in [1.82, 2.24) is 20.1 Å². The molecular weight excluding hydrogens is 450 g/mol. The number of carbonyl (C=O) groups is 3. The van der Waals surface area contributed by atoms with E-state index in [1.54, 1.807) is 0 Å². The molecule has 3 rings (SSSR count). The molecule has 1 aromatic heterocycles. The van der Waals surface area contributed by atoms with Crippen LogP contribution < -0.4 is 10.6 Å². The quantitative estimate of drug-likeness (QED) is 0.409. The van der Waals surface area contributed by atoms with Gasteiger partial charge in [-0.3, -0.25) is 14.4 Å². The molecule has 0 saturated heterocycles. The highest BCUT2D eigenvalue weighted by molar-refractivity contribution is 5.97. The highest BCUT2D eigenvalue weighted by Gasteiger charge is 2.31. The summed E-state index contributed by atoms with van der Waals surface area (Å²) in [5.41, 5.74) is -1.45. The Hall–Kier alpha value is -4.29. The molecule has 1 heterocycles. The zero-order chi connectivity index (χ0) is 24.0. The lowest BCUT2D eigenvalue weighted by atomic mass is 10.1. The minimum atomic E-state index is -4.66. The lowest BCUT2D eigenvalue weighted by Crippen LogP contribution is -2.32. The van der Waals surface area contributed by atoms with Crippen molar-refractivity contribution in [1.29, 1.82) is 0 Å². The molecule has 172 valence electrons. The number of rotatable bonds is 7. The van der Waals surface area contributed by atoms with Crippen molar-refractivity contribution in [3.8, 4) is 5.69 Å². The topological polar surface area (TPSA) is 115 Å². The van der Waals surface area contributed by atoms with Crippen molar-refractivity contribution < 1.29 is 36.7 Å². The highest BCUT2D eigenvalue weighted by atomic mass is 19.4. The standard InChI is InChI=1S/C20H15F4N5O4/c21-14-4-2-1-3-13(14)19(32)26-8-18(31)33-9-17(30)28-15-7-12(20(22,23)24)5-6-16(15)29-11-25-10-27-29/h1-7,10-11H,8-9H2,(H,26,32)(H,28,30). The summed E-state index contributed by atoms with van der Waals surface area (Å²) < 4.78 is 58.6. The first-order chi connectivity index (χ1) is 15.6. The van der Waals surface area contributed by atoms with Gasteiger partial charge in [-0.25, -0.2) is 14.1 Å². The minimum absolute atomic E-state index is 0.0947. The Morgan fingerprint density at radius 3 is 2.52 bits per heavy atom. The lowest BCUT2D eigenvalue weighted by Gasteiger charge is -2.14. The summed E-state index contributed by atoms with van der Waals surface area (Å²) in [6.45, 7) is -1.50. The Morgan fingerprint density at radius 1 is 1.09 bits per heavy atom. The molecule has 0 saturated carbocycles. The summed E-state index contributed by atoms with van der Waals surface area (Å²) in [5, 5.41) is 8.17. The zero-order valence-corrected chi connectivity index (χ0v) is 16.6. The molecule has 2 aromatic carbocycles. The number of benzene rings is 2. The fourth-order valence-electron chi connectivity index (χ4n) is 2.62. The third-order valence-corrected chi connectivity index (χ3v) is 4.14. The summed E-state index contributed by atoms with van der Waals surface area (Å²) in [7, 11) is 0. The fourth-order valence-corrected chi connectivity index (χ4v) is 2.62. The Bertz CT molecular complexity index is 1170. The lowest BCUT2D eigenvalue weighted by molar-refractivity contribution is -0.146. The summed E-state index contributed by atoms with van der Waals surface area (Å²) in [5.74, 6) is -3.61. The molecule has 2 amide bonds. The van der Waals surface area contributed by atoms with E-state index in [1.807, 2.05) is 0 Å². The van der Waals surface area contributed by atoms with Gasteiger partial charge in [0.1, 0.15) is 25.0 Å². The normalized spacial score (nSPS) is 11.0. The third kappa shape index (κ3) is 6.12. The number of hydrogen-bond donors (Lipinski definition) is 2. The number of hydrogen-bond acceptors (Lipinski definition) is 6. The van der Waals surface area contributed by atoms with E-state index in [0.29, 0.717) is 6.07 Å². The van der Waals surface area contributed by atoms with Gasteiger partial charge < -0.3 is 15.4 Å². The second kappa shape index (κ2) is 9.89. The molecule has 0 aliphatic rings. The molecule has 9 nitrogen and oxygen atoms in total. The van der Waals surface area contributed by atoms with E-state index in [-0.39, 0.29) is 16.9 Å². The van der Waals surface area contributed by atoms with Gasteiger partial charge in [0.05, 0.1) is 22.5 Å². The van der Waals surface area contributed by atoms with Crippen LogP contribution >= 0.6 is 0 Å². The van der Waals surface area contributed by atoms with E-state index in [4.69, 9.17) is 4.74 Å². The van der Waals surface area contributed by atoms with Crippen molar-refractivity contribution in [3.05, 3.63) is 72.1 Å². The van der Waals surface area contributed by atoms with E-state index >= 15 is 0 Å². The molecule has 3 aromatic rings. The molecule has 0 atom stereocenters. The van der Waals surface area contributed by atoms with Gasteiger partial charge in [-0.2, -0.15) is 18.3 Å². The van der Waals surface area contributed by atoms with Gasteiger partial charge in [0.2, 0.25) is 0 Å². The van der Waals surface area contributed by atoms with Crippen LogP contribution in [0.3, 0.4) is 0 Å². The molecule has 0 bridgehead atoms. The smallest absolute Gasteiger partial charge is 0.416 e. The number of aromatic nitrogens is 3. The Kier molecular flexibility index (Phi) is 7.00. The zero-order valence-electron chi connectivity index (χ0n) is 16.6. The van der Waals surface area contributed by atoms with Crippen molar-refractivity contribution in [2.45, 2.75) is 6.18 Å². The summed E-state index contributed by atoms with van der Waals surface area (Å²) >= 11 is 0. The average Bonchev–Trinajstić information content (AvgIpc) is 3.30. The molecule has 0 radical (unpaired) electrons. The van der Waals surface area contributed by atoms with Gasteiger partial charge in [0.15, 0.2) is 6.61 Å². The van der Waals surface area contributed by atoms with Crippen LogP contribution in [-0.4, -0.2) is 45.7 Å². The average molecular weight is 465 g/mol. The van der Waals surface area contributed by atoms with Crippen LogP contribution in [0, 0.1) is 5.82 Å². The number of nitrogens with zero attached hydrogens (tertiary/aromatic N) is 3. The van der Waals surface area contributed by atoms with Gasteiger partial charge in [0.25, 0.3) is 11.8 Å². The maximum absolute atomic E-state index is 13.6. The van der Waals surface area contributed by atoms with Crippen molar-refractivity contribution in [3.63, 3.8) is 0 Å². The predicted molar refractivity (Wildman–Crippen MR) is 105 cm³/mol. The maximum atomic E-state index is 13.6. The highest BCUT2D eigenvalue weighted by Crippen LogP contribution is 2.33. The first-order valence-corrected chi connectivity index (χ1v) is 9.19. The molecule has 0 aliphatic heterocycles. The first-order valence-electron chi connectivity index (χ1n) is 9.19.